The second-order valence-corrected chi connectivity index (χ2v) is 5.53. The fraction of sp³-hybridized carbons (Fsp3) is 0.214. The highest BCUT2D eigenvalue weighted by Gasteiger charge is 2.10. The Hall–Kier alpha value is -2.48. The van der Waals surface area contributed by atoms with Gasteiger partial charge in [-0.3, -0.25) is 4.79 Å². The molecule has 0 spiro atoms. The summed E-state index contributed by atoms with van der Waals surface area (Å²) in [6.45, 7) is 6.22. The van der Waals surface area contributed by atoms with Gasteiger partial charge in [0.2, 0.25) is 0 Å². The normalized spacial score (nSPS) is 11.0. The molecule has 0 aliphatic rings. The van der Waals surface area contributed by atoms with Gasteiger partial charge in [0.05, 0.1) is 11.3 Å². The highest BCUT2D eigenvalue weighted by Crippen LogP contribution is 2.18. The zero-order valence-corrected chi connectivity index (χ0v) is 12.8. The molecule has 2 heterocycles. The zero-order valence-electron chi connectivity index (χ0n) is 12.0. The van der Waals surface area contributed by atoms with Gasteiger partial charge in [-0.1, -0.05) is 35.2 Å². The number of fused-ring (bicyclic) bond motifs is 1. The summed E-state index contributed by atoms with van der Waals surface area (Å²) in [6.07, 6.45) is 1.78. The largest absolute Gasteiger partial charge is 0.302 e. The minimum atomic E-state index is -0.162. The molecule has 112 valence electrons. The molecule has 8 heteroatoms. The number of allylic oxidation sites excluding steroid dienone is 1. The van der Waals surface area contributed by atoms with E-state index in [0.29, 0.717) is 23.3 Å². The number of benzene rings is 1. The second-order valence-electron chi connectivity index (χ2n) is 4.61. The Morgan fingerprint density at radius 2 is 2.09 bits per heavy atom. The number of aromatic nitrogens is 6. The van der Waals surface area contributed by atoms with Gasteiger partial charge in [0, 0.05) is 6.54 Å². The average Bonchev–Trinajstić information content (AvgIpc) is 2.88. The second kappa shape index (κ2) is 6.10. The van der Waals surface area contributed by atoms with Crippen molar-refractivity contribution < 1.29 is 0 Å². The van der Waals surface area contributed by atoms with Crippen molar-refractivity contribution in [2.45, 2.75) is 24.5 Å². The van der Waals surface area contributed by atoms with Crippen molar-refractivity contribution in [1.82, 2.24) is 29.8 Å². The standard InChI is InChI=1S/C14H14N6OS/c1-3-8-19-10(2)15-17-14(19)22-9-20-13(21)11-6-4-5-7-12(11)16-18-20/h3-7H,1,8-9H2,2H3. The van der Waals surface area contributed by atoms with Crippen molar-refractivity contribution in [2.24, 2.45) is 0 Å². The summed E-state index contributed by atoms with van der Waals surface area (Å²) < 4.78 is 3.26. The molecule has 2 aromatic heterocycles. The van der Waals surface area contributed by atoms with Crippen LogP contribution in [-0.4, -0.2) is 29.8 Å². The highest BCUT2D eigenvalue weighted by molar-refractivity contribution is 7.98. The van der Waals surface area contributed by atoms with Crippen molar-refractivity contribution in [2.75, 3.05) is 0 Å². The first kappa shape index (κ1) is 14.5. The number of nitrogens with zero attached hydrogens (tertiary/aromatic N) is 6. The number of hydrogen-bond acceptors (Lipinski definition) is 6. The summed E-state index contributed by atoms with van der Waals surface area (Å²) in [5, 5.41) is 17.4. The van der Waals surface area contributed by atoms with Crippen LogP contribution in [0.4, 0.5) is 0 Å². The number of rotatable bonds is 5. The first-order valence-corrected chi connectivity index (χ1v) is 7.65. The van der Waals surface area contributed by atoms with E-state index in [1.165, 1.54) is 16.4 Å². The molecule has 0 atom stereocenters. The molecule has 0 amide bonds. The summed E-state index contributed by atoms with van der Waals surface area (Å²) in [6, 6.07) is 7.16. The van der Waals surface area contributed by atoms with E-state index in [4.69, 9.17) is 0 Å². The Morgan fingerprint density at radius 1 is 1.27 bits per heavy atom. The lowest BCUT2D eigenvalue weighted by atomic mass is 10.2. The number of aryl methyl sites for hydroxylation is 1. The van der Waals surface area contributed by atoms with Gasteiger partial charge in [-0.25, -0.2) is 0 Å². The summed E-state index contributed by atoms with van der Waals surface area (Å²) in [5.74, 6) is 1.13. The molecule has 0 bridgehead atoms. The lowest BCUT2D eigenvalue weighted by Crippen LogP contribution is -2.23. The monoisotopic (exact) mass is 314 g/mol. The lowest BCUT2D eigenvalue weighted by molar-refractivity contribution is 0.639. The lowest BCUT2D eigenvalue weighted by Gasteiger charge is -2.06. The molecule has 0 N–H and O–H groups in total. The van der Waals surface area contributed by atoms with Crippen molar-refractivity contribution in [3.8, 4) is 0 Å². The van der Waals surface area contributed by atoms with Gasteiger partial charge in [-0.15, -0.1) is 21.9 Å². The van der Waals surface area contributed by atoms with E-state index < -0.39 is 0 Å². The Labute approximate surface area is 130 Å². The van der Waals surface area contributed by atoms with Gasteiger partial charge in [-0.05, 0) is 19.1 Å². The molecule has 3 rings (SSSR count). The SMILES string of the molecule is C=CCn1c(C)nnc1SCn1nnc2ccccc2c1=O. The molecule has 3 aromatic rings. The molecule has 1 aromatic carbocycles. The van der Waals surface area contributed by atoms with E-state index in [9.17, 15) is 4.79 Å². The molecular formula is C14H14N6OS. The topological polar surface area (TPSA) is 78.5 Å². The summed E-state index contributed by atoms with van der Waals surface area (Å²) in [4.78, 5) is 12.4. The van der Waals surface area contributed by atoms with Crippen LogP contribution < -0.4 is 5.56 Å². The molecule has 0 saturated heterocycles. The minimum Gasteiger partial charge on any atom is -0.302 e. The molecular weight excluding hydrogens is 300 g/mol. The van der Waals surface area contributed by atoms with E-state index in [2.05, 4.69) is 27.1 Å². The van der Waals surface area contributed by atoms with Crippen LogP contribution in [0.25, 0.3) is 10.9 Å². The highest BCUT2D eigenvalue weighted by atomic mass is 32.2. The molecule has 0 aliphatic heterocycles. The van der Waals surface area contributed by atoms with Crippen molar-refractivity contribution in [3.63, 3.8) is 0 Å². The average molecular weight is 314 g/mol. The van der Waals surface area contributed by atoms with Gasteiger partial charge in [0.1, 0.15) is 11.3 Å². The van der Waals surface area contributed by atoms with E-state index in [0.717, 1.165) is 11.0 Å². The molecule has 0 aliphatic carbocycles. The quantitative estimate of drug-likeness (QED) is 0.526. The van der Waals surface area contributed by atoms with Crippen LogP contribution in [0.2, 0.25) is 0 Å². The molecule has 22 heavy (non-hydrogen) atoms. The summed E-state index contributed by atoms with van der Waals surface area (Å²) >= 11 is 1.39. The maximum Gasteiger partial charge on any atom is 0.278 e. The summed E-state index contributed by atoms with van der Waals surface area (Å²) in [5.41, 5.74) is 0.434. The van der Waals surface area contributed by atoms with Crippen molar-refractivity contribution in [1.29, 1.82) is 0 Å². The number of hydrogen-bond donors (Lipinski definition) is 0. The smallest absolute Gasteiger partial charge is 0.278 e. The third kappa shape index (κ3) is 2.64. The third-order valence-corrected chi connectivity index (χ3v) is 4.09. The predicted molar refractivity (Wildman–Crippen MR) is 84.6 cm³/mol. The molecule has 0 unspecified atom stereocenters. The Bertz CT molecular complexity index is 884. The fourth-order valence-corrected chi connectivity index (χ4v) is 2.90. The van der Waals surface area contributed by atoms with Gasteiger partial charge >= 0.3 is 0 Å². The Morgan fingerprint density at radius 3 is 2.91 bits per heavy atom. The Balaban J connectivity index is 1.87. The van der Waals surface area contributed by atoms with E-state index >= 15 is 0 Å². The van der Waals surface area contributed by atoms with Crippen LogP contribution >= 0.6 is 11.8 Å². The molecule has 0 fully saturated rings. The predicted octanol–water partition coefficient (Wildman–Crippen LogP) is 1.63. The Kier molecular flexibility index (Phi) is 4.01. The molecule has 0 saturated carbocycles. The summed E-state index contributed by atoms with van der Waals surface area (Å²) in [7, 11) is 0. The van der Waals surface area contributed by atoms with E-state index in [1.807, 2.05) is 23.6 Å². The fourth-order valence-electron chi connectivity index (χ4n) is 2.03. The van der Waals surface area contributed by atoms with Crippen LogP contribution in [-0.2, 0) is 12.4 Å². The van der Waals surface area contributed by atoms with Gasteiger partial charge in [0.25, 0.3) is 5.56 Å². The molecule has 7 nitrogen and oxygen atoms in total. The van der Waals surface area contributed by atoms with Crippen LogP contribution in [0, 0.1) is 6.92 Å². The molecule has 0 radical (unpaired) electrons. The van der Waals surface area contributed by atoms with E-state index in [1.54, 1.807) is 18.2 Å². The number of thioether (sulfide) groups is 1. The first-order valence-electron chi connectivity index (χ1n) is 6.66. The van der Waals surface area contributed by atoms with Crippen molar-refractivity contribution >= 4 is 22.7 Å². The van der Waals surface area contributed by atoms with Crippen LogP contribution in [0.3, 0.4) is 0 Å². The minimum absolute atomic E-state index is 0.162. The van der Waals surface area contributed by atoms with Gasteiger partial charge in [-0.2, -0.15) is 4.68 Å². The van der Waals surface area contributed by atoms with Crippen molar-refractivity contribution in [3.05, 3.63) is 53.1 Å². The first-order chi connectivity index (χ1) is 10.7. The van der Waals surface area contributed by atoms with Crippen LogP contribution in [0.15, 0.2) is 46.9 Å². The van der Waals surface area contributed by atoms with Crippen LogP contribution in [0.1, 0.15) is 5.82 Å². The van der Waals surface area contributed by atoms with Gasteiger partial charge in [0.15, 0.2) is 5.16 Å². The third-order valence-electron chi connectivity index (χ3n) is 3.16. The zero-order chi connectivity index (χ0) is 15.5. The van der Waals surface area contributed by atoms with Crippen LogP contribution in [0.5, 0.6) is 0 Å². The maximum atomic E-state index is 12.4. The maximum absolute atomic E-state index is 12.4. The van der Waals surface area contributed by atoms with Gasteiger partial charge < -0.3 is 4.57 Å². The van der Waals surface area contributed by atoms with E-state index in [-0.39, 0.29) is 5.56 Å².